The van der Waals surface area contributed by atoms with Gasteiger partial charge in [-0.2, -0.15) is 26.3 Å². The molecule has 0 unspecified atom stereocenters. The molecule has 1 aromatic heterocycles. The highest BCUT2D eigenvalue weighted by molar-refractivity contribution is 5.38. The molecule has 0 saturated heterocycles. The third-order valence-corrected chi connectivity index (χ3v) is 2.19. The van der Waals surface area contributed by atoms with Gasteiger partial charge in [0, 0.05) is 0 Å². The van der Waals surface area contributed by atoms with E-state index >= 15 is 0 Å². The van der Waals surface area contributed by atoms with Crippen LogP contribution >= 0.6 is 0 Å². The van der Waals surface area contributed by atoms with Gasteiger partial charge >= 0.3 is 18.3 Å². The highest BCUT2D eigenvalue weighted by atomic mass is 19.4. The van der Waals surface area contributed by atoms with Crippen molar-refractivity contribution in [1.82, 2.24) is 4.98 Å². The SMILES string of the molecule is FC(F)(F)c1cc(Oc2cnco2)cc(C(F)(F)F)c1. The molecule has 2 aromatic rings. The fourth-order valence-electron chi connectivity index (χ4n) is 1.36. The number of halogens is 6. The van der Waals surface area contributed by atoms with Crippen molar-refractivity contribution in [1.29, 1.82) is 0 Å². The van der Waals surface area contributed by atoms with Gasteiger partial charge in [0.25, 0.3) is 0 Å². The average Bonchev–Trinajstić information content (AvgIpc) is 2.79. The lowest BCUT2D eigenvalue weighted by molar-refractivity contribution is -0.143. The van der Waals surface area contributed by atoms with Crippen molar-refractivity contribution in [3.8, 4) is 11.7 Å². The summed E-state index contributed by atoms with van der Waals surface area (Å²) in [5.74, 6) is -0.971. The third-order valence-electron chi connectivity index (χ3n) is 2.19. The molecule has 0 radical (unpaired) electrons. The standard InChI is InChI=1S/C11H5F6NO2/c12-10(13,14)6-1-7(11(15,16)17)3-8(2-6)20-9-4-18-5-19-9/h1-5H. The van der Waals surface area contributed by atoms with Crippen molar-refractivity contribution < 1.29 is 35.5 Å². The number of nitrogens with zero attached hydrogens (tertiary/aromatic N) is 1. The van der Waals surface area contributed by atoms with Crippen molar-refractivity contribution in [2.75, 3.05) is 0 Å². The molecular formula is C11H5F6NO2. The number of oxazole rings is 1. The Morgan fingerprint density at radius 1 is 0.900 bits per heavy atom. The van der Waals surface area contributed by atoms with E-state index in [1.807, 2.05) is 0 Å². The Labute approximate surface area is 107 Å². The molecule has 2 rings (SSSR count). The molecule has 0 atom stereocenters. The molecule has 0 aliphatic carbocycles. The lowest BCUT2D eigenvalue weighted by Gasteiger charge is -2.13. The van der Waals surface area contributed by atoms with Gasteiger partial charge < -0.3 is 9.15 Å². The number of aromatic nitrogens is 1. The van der Waals surface area contributed by atoms with Crippen molar-refractivity contribution in [2.24, 2.45) is 0 Å². The maximum absolute atomic E-state index is 12.6. The summed E-state index contributed by atoms with van der Waals surface area (Å²) in [6.45, 7) is 0. The molecule has 0 bridgehead atoms. The highest BCUT2D eigenvalue weighted by Crippen LogP contribution is 2.39. The predicted molar refractivity (Wildman–Crippen MR) is 53.0 cm³/mol. The van der Waals surface area contributed by atoms with E-state index < -0.39 is 29.2 Å². The Bertz CT molecular complexity index is 556. The van der Waals surface area contributed by atoms with Crippen LogP contribution in [0.2, 0.25) is 0 Å². The molecule has 20 heavy (non-hydrogen) atoms. The Kier molecular flexibility index (Phi) is 3.36. The van der Waals surface area contributed by atoms with E-state index in [1.165, 1.54) is 0 Å². The predicted octanol–water partition coefficient (Wildman–Crippen LogP) is 4.50. The zero-order chi connectivity index (χ0) is 15.0. The minimum Gasteiger partial charge on any atom is -0.425 e. The van der Waals surface area contributed by atoms with Crippen LogP contribution in [0.1, 0.15) is 11.1 Å². The topological polar surface area (TPSA) is 35.3 Å². The summed E-state index contributed by atoms with van der Waals surface area (Å²) in [4.78, 5) is 3.42. The third kappa shape index (κ3) is 3.22. The average molecular weight is 297 g/mol. The van der Waals surface area contributed by atoms with Gasteiger partial charge in [0.05, 0.1) is 11.1 Å². The van der Waals surface area contributed by atoms with Crippen LogP contribution in [0.4, 0.5) is 26.3 Å². The Morgan fingerprint density at radius 3 is 1.85 bits per heavy atom. The minimum atomic E-state index is -4.93. The summed E-state index contributed by atoms with van der Waals surface area (Å²) >= 11 is 0. The summed E-state index contributed by atoms with van der Waals surface area (Å²) in [5.41, 5.74) is -2.94. The minimum absolute atomic E-state index is 0.00719. The first kappa shape index (κ1) is 14.2. The summed E-state index contributed by atoms with van der Waals surface area (Å²) in [7, 11) is 0. The first-order valence-corrected chi connectivity index (χ1v) is 5.02. The molecular weight excluding hydrogens is 292 g/mol. The molecule has 0 aliphatic heterocycles. The van der Waals surface area contributed by atoms with Gasteiger partial charge in [0.2, 0.25) is 0 Å². The van der Waals surface area contributed by atoms with Gasteiger partial charge in [-0.1, -0.05) is 0 Å². The van der Waals surface area contributed by atoms with Crippen LogP contribution in [0.3, 0.4) is 0 Å². The second-order valence-corrected chi connectivity index (χ2v) is 3.66. The van der Waals surface area contributed by atoms with E-state index in [0.717, 1.165) is 12.6 Å². The largest absolute Gasteiger partial charge is 0.425 e. The van der Waals surface area contributed by atoms with Gasteiger partial charge in [-0.15, -0.1) is 0 Å². The first-order valence-electron chi connectivity index (χ1n) is 5.02. The molecule has 3 nitrogen and oxygen atoms in total. The molecule has 0 aliphatic rings. The number of hydrogen-bond acceptors (Lipinski definition) is 3. The maximum atomic E-state index is 12.6. The molecule has 1 heterocycles. The molecule has 0 N–H and O–H groups in total. The molecule has 0 fully saturated rings. The van der Waals surface area contributed by atoms with Crippen LogP contribution in [-0.2, 0) is 12.4 Å². The Balaban J connectivity index is 2.46. The van der Waals surface area contributed by atoms with Crippen LogP contribution in [0.25, 0.3) is 0 Å². The van der Waals surface area contributed by atoms with Crippen LogP contribution in [0.15, 0.2) is 35.2 Å². The van der Waals surface area contributed by atoms with E-state index in [4.69, 9.17) is 4.74 Å². The van der Waals surface area contributed by atoms with Crippen LogP contribution in [0, 0.1) is 0 Å². The summed E-state index contributed by atoms with van der Waals surface area (Å²) in [6, 6.07) is 0.892. The maximum Gasteiger partial charge on any atom is 0.416 e. The van der Waals surface area contributed by atoms with Crippen molar-refractivity contribution in [2.45, 2.75) is 12.4 Å². The fourth-order valence-corrected chi connectivity index (χ4v) is 1.36. The number of ether oxygens (including phenoxy) is 1. The molecule has 9 heteroatoms. The Morgan fingerprint density at radius 2 is 1.45 bits per heavy atom. The van der Waals surface area contributed by atoms with E-state index in [1.54, 1.807) is 0 Å². The van der Waals surface area contributed by atoms with Gasteiger partial charge in [-0.25, -0.2) is 4.98 Å². The second kappa shape index (κ2) is 4.73. The van der Waals surface area contributed by atoms with Crippen molar-refractivity contribution >= 4 is 0 Å². The first-order chi connectivity index (χ1) is 9.16. The molecule has 0 spiro atoms. The van der Waals surface area contributed by atoms with E-state index in [9.17, 15) is 26.3 Å². The normalized spacial score (nSPS) is 12.5. The number of benzene rings is 1. The fraction of sp³-hybridized carbons (Fsp3) is 0.182. The van der Waals surface area contributed by atoms with Gasteiger partial charge in [0.15, 0.2) is 6.39 Å². The summed E-state index contributed by atoms with van der Waals surface area (Å²) in [5, 5.41) is 0. The lowest BCUT2D eigenvalue weighted by atomic mass is 10.1. The van der Waals surface area contributed by atoms with Crippen LogP contribution in [-0.4, -0.2) is 4.98 Å². The lowest BCUT2D eigenvalue weighted by Crippen LogP contribution is -2.10. The van der Waals surface area contributed by atoms with Crippen molar-refractivity contribution in [3.05, 3.63) is 41.9 Å². The monoisotopic (exact) mass is 297 g/mol. The number of hydrogen-bond donors (Lipinski definition) is 0. The van der Waals surface area contributed by atoms with E-state index in [-0.39, 0.29) is 12.0 Å². The van der Waals surface area contributed by atoms with E-state index in [2.05, 4.69) is 9.40 Å². The molecule has 0 saturated carbocycles. The van der Waals surface area contributed by atoms with Gasteiger partial charge in [-0.05, 0) is 18.2 Å². The van der Waals surface area contributed by atoms with Crippen LogP contribution < -0.4 is 4.74 Å². The van der Waals surface area contributed by atoms with E-state index in [0.29, 0.717) is 12.1 Å². The molecule has 0 amide bonds. The number of alkyl halides is 6. The zero-order valence-electron chi connectivity index (χ0n) is 9.42. The van der Waals surface area contributed by atoms with Gasteiger partial charge in [0.1, 0.15) is 11.9 Å². The number of rotatable bonds is 2. The highest BCUT2D eigenvalue weighted by Gasteiger charge is 2.37. The van der Waals surface area contributed by atoms with Gasteiger partial charge in [-0.3, -0.25) is 0 Å². The summed E-state index contributed by atoms with van der Waals surface area (Å²) < 4.78 is 84.7. The van der Waals surface area contributed by atoms with Crippen molar-refractivity contribution in [3.63, 3.8) is 0 Å². The Hall–Kier alpha value is -2.19. The van der Waals surface area contributed by atoms with Crippen LogP contribution in [0.5, 0.6) is 11.7 Å². The zero-order valence-corrected chi connectivity index (χ0v) is 9.42. The summed E-state index contributed by atoms with van der Waals surface area (Å²) in [6.07, 6.45) is -7.93. The molecule has 108 valence electrons. The smallest absolute Gasteiger partial charge is 0.416 e. The molecule has 1 aromatic carbocycles. The quantitative estimate of drug-likeness (QED) is 0.765. The second-order valence-electron chi connectivity index (χ2n) is 3.66.